The highest BCUT2D eigenvalue weighted by Crippen LogP contribution is 2.49. The van der Waals surface area contributed by atoms with Crippen molar-refractivity contribution in [1.29, 1.82) is 0 Å². The molecule has 4 nitrogen and oxygen atoms in total. The van der Waals surface area contributed by atoms with E-state index in [0.29, 0.717) is 18.6 Å². The van der Waals surface area contributed by atoms with Gasteiger partial charge in [0.25, 0.3) is 0 Å². The van der Waals surface area contributed by atoms with Crippen LogP contribution in [-0.2, 0) is 16.0 Å². The Labute approximate surface area is 141 Å². The molecule has 1 aromatic heterocycles. The fourth-order valence-electron chi connectivity index (χ4n) is 4.96. The molecule has 5 rings (SSSR count). The van der Waals surface area contributed by atoms with E-state index in [9.17, 15) is 4.79 Å². The number of nitrogens with zero attached hydrogens (tertiary/aromatic N) is 2. The van der Waals surface area contributed by atoms with Gasteiger partial charge in [0.1, 0.15) is 5.70 Å². The molecule has 1 aromatic carbocycles. The van der Waals surface area contributed by atoms with Gasteiger partial charge in [-0.3, -0.25) is 4.90 Å². The lowest BCUT2D eigenvalue weighted by molar-refractivity contribution is -0.136. The van der Waals surface area contributed by atoms with Gasteiger partial charge in [-0.05, 0) is 50.4 Å². The van der Waals surface area contributed by atoms with Crippen LogP contribution >= 0.6 is 0 Å². The van der Waals surface area contributed by atoms with E-state index < -0.39 is 0 Å². The second kappa shape index (κ2) is 5.21. The summed E-state index contributed by atoms with van der Waals surface area (Å²) in [5, 5.41) is 1.30. The highest BCUT2D eigenvalue weighted by molar-refractivity contribution is 6.13. The van der Waals surface area contributed by atoms with Crippen LogP contribution < -0.4 is 0 Å². The van der Waals surface area contributed by atoms with Crippen LogP contribution in [0.15, 0.2) is 30.3 Å². The molecule has 0 spiro atoms. The Morgan fingerprint density at radius 1 is 1.29 bits per heavy atom. The van der Waals surface area contributed by atoms with E-state index in [1.54, 1.807) is 0 Å². The zero-order valence-electron chi connectivity index (χ0n) is 14.0. The molecule has 2 aromatic rings. The lowest BCUT2D eigenvalue weighted by atomic mass is 9.80. The van der Waals surface area contributed by atoms with E-state index in [2.05, 4.69) is 39.8 Å². The van der Waals surface area contributed by atoms with E-state index in [-0.39, 0.29) is 5.97 Å². The number of esters is 1. The monoisotopic (exact) mass is 322 g/mol. The number of rotatable bonds is 2. The van der Waals surface area contributed by atoms with Gasteiger partial charge in [0.2, 0.25) is 0 Å². The van der Waals surface area contributed by atoms with Crippen molar-refractivity contribution >= 4 is 22.6 Å². The third kappa shape index (κ3) is 1.80. The van der Waals surface area contributed by atoms with Crippen molar-refractivity contribution in [3.63, 3.8) is 0 Å². The van der Waals surface area contributed by atoms with Crippen LogP contribution in [0, 0.1) is 5.92 Å². The molecule has 0 N–H and O–H groups in total. The number of hydrogen-bond donors (Lipinski definition) is 0. The summed E-state index contributed by atoms with van der Waals surface area (Å²) in [5.41, 5.74) is 4.65. The Bertz CT molecular complexity index is 864. The van der Waals surface area contributed by atoms with Crippen molar-refractivity contribution in [1.82, 2.24) is 9.47 Å². The van der Waals surface area contributed by atoms with Crippen molar-refractivity contribution in [3.05, 3.63) is 41.6 Å². The fourth-order valence-corrected chi connectivity index (χ4v) is 4.96. The maximum atomic E-state index is 12.7. The minimum absolute atomic E-state index is 0.192. The van der Waals surface area contributed by atoms with Crippen LogP contribution in [0.4, 0.5) is 0 Å². The number of carbonyl (C=O) groups excluding carboxylic acids is 1. The Morgan fingerprint density at radius 3 is 3.04 bits per heavy atom. The normalized spacial score (nSPS) is 25.3. The SMILES string of the molecule is CCOC(=O)C1=CC2CCCN3CCc4c(n1c1ccccc41)[C@@H]23. The number of benzene rings is 1. The number of aromatic nitrogens is 1. The highest BCUT2D eigenvalue weighted by Gasteiger charge is 2.43. The maximum absolute atomic E-state index is 12.7. The molecule has 4 heterocycles. The third-order valence-electron chi connectivity index (χ3n) is 5.83. The molecule has 124 valence electrons. The molecule has 4 heteroatoms. The third-order valence-corrected chi connectivity index (χ3v) is 5.83. The lowest BCUT2D eigenvalue weighted by Gasteiger charge is -2.46. The molecule has 0 radical (unpaired) electrons. The Hall–Kier alpha value is -2.07. The van der Waals surface area contributed by atoms with E-state index in [1.165, 1.54) is 29.6 Å². The van der Waals surface area contributed by atoms with Crippen LogP contribution in [0.1, 0.15) is 37.1 Å². The predicted molar refractivity (Wildman–Crippen MR) is 93.6 cm³/mol. The Morgan fingerprint density at radius 2 is 2.17 bits per heavy atom. The molecule has 3 aliphatic heterocycles. The first-order valence-corrected chi connectivity index (χ1v) is 9.05. The van der Waals surface area contributed by atoms with Crippen molar-refractivity contribution in [3.8, 4) is 0 Å². The van der Waals surface area contributed by atoms with Gasteiger partial charge >= 0.3 is 5.97 Å². The van der Waals surface area contributed by atoms with Gasteiger partial charge < -0.3 is 9.30 Å². The number of hydrogen-bond acceptors (Lipinski definition) is 3. The van der Waals surface area contributed by atoms with Crippen molar-refractivity contribution < 1.29 is 9.53 Å². The zero-order valence-corrected chi connectivity index (χ0v) is 14.0. The molecular formula is C20H22N2O2. The second-order valence-electron chi connectivity index (χ2n) is 7.03. The number of carbonyl (C=O) groups is 1. The minimum Gasteiger partial charge on any atom is -0.461 e. The number of ether oxygens (including phenoxy) is 1. The van der Waals surface area contributed by atoms with Gasteiger partial charge in [0.05, 0.1) is 18.2 Å². The van der Waals surface area contributed by atoms with Crippen LogP contribution in [0.5, 0.6) is 0 Å². The first kappa shape index (κ1) is 14.3. The summed E-state index contributed by atoms with van der Waals surface area (Å²) in [4.78, 5) is 15.3. The molecule has 0 amide bonds. The van der Waals surface area contributed by atoms with Gasteiger partial charge in [-0.2, -0.15) is 0 Å². The summed E-state index contributed by atoms with van der Waals surface area (Å²) in [7, 11) is 0. The molecule has 24 heavy (non-hydrogen) atoms. The topological polar surface area (TPSA) is 34.5 Å². The molecular weight excluding hydrogens is 300 g/mol. The number of para-hydroxylation sites is 1. The highest BCUT2D eigenvalue weighted by atomic mass is 16.5. The predicted octanol–water partition coefficient (Wildman–Crippen LogP) is 3.37. The molecule has 3 aliphatic rings. The van der Waals surface area contributed by atoms with Crippen molar-refractivity contribution in [2.75, 3.05) is 19.7 Å². The first-order valence-electron chi connectivity index (χ1n) is 9.05. The summed E-state index contributed by atoms with van der Waals surface area (Å²) in [6.45, 7) is 4.59. The van der Waals surface area contributed by atoms with Crippen LogP contribution in [0.3, 0.4) is 0 Å². The molecule has 0 bridgehead atoms. The molecule has 0 aliphatic carbocycles. The maximum Gasteiger partial charge on any atom is 0.354 e. The second-order valence-corrected chi connectivity index (χ2v) is 7.03. The summed E-state index contributed by atoms with van der Waals surface area (Å²) in [6, 6.07) is 8.92. The van der Waals surface area contributed by atoms with Gasteiger partial charge in [-0.25, -0.2) is 4.79 Å². The largest absolute Gasteiger partial charge is 0.461 e. The minimum atomic E-state index is -0.192. The first-order chi connectivity index (χ1) is 11.8. The molecule has 2 atom stereocenters. The summed E-state index contributed by atoms with van der Waals surface area (Å²) in [5.74, 6) is 0.233. The zero-order chi connectivity index (χ0) is 16.3. The average molecular weight is 322 g/mol. The van der Waals surface area contributed by atoms with Crippen molar-refractivity contribution in [2.24, 2.45) is 5.92 Å². The van der Waals surface area contributed by atoms with Crippen LogP contribution in [0.25, 0.3) is 16.6 Å². The van der Waals surface area contributed by atoms with E-state index in [1.807, 2.05) is 6.92 Å². The number of fused-ring (bicyclic) bond motifs is 3. The van der Waals surface area contributed by atoms with Crippen LogP contribution in [0.2, 0.25) is 0 Å². The molecule has 1 fully saturated rings. The number of piperidine rings is 1. The molecule has 1 unspecified atom stereocenters. The van der Waals surface area contributed by atoms with Crippen molar-refractivity contribution in [2.45, 2.75) is 32.2 Å². The standard InChI is InChI=1S/C20H22N2O2/c1-2-24-20(23)17-12-13-6-5-10-21-11-9-15-14-7-3-4-8-16(14)22(17)19(15)18(13)21/h3-4,7-8,12-13,18H,2,5-6,9-11H2,1H3/t13?,18-/m1/s1. The lowest BCUT2D eigenvalue weighted by Crippen LogP contribution is -2.45. The van der Waals surface area contributed by atoms with Crippen LogP contribution in [-0.4, -0.2) is 35.1 Å². The molecule has 0 saturated carbocycles. The summed E-state index contributed by atoms with van der Waals surface area (Å²) < 4.78 is 7.58. The summed E-state index contributed by atoms with van der Waals surface area (Å²) >= 11 is 0. The average Bonchev–Trinajstić information content (AvgIpc) is 2.96. The Balaban J connectivity index is 1.81. The van der Waals surface area contributed by atoms with E-state index >= 15 is 0 Å². The Kier molecular flexibility index (Phi) is 3.10. The quantitative estimate of drug-likeness (QED) is 0.795. The van der Waals surface area contributed by atoms with E-state index in [0.717, 1.165) is 30.6 Å². The fraction of sp³-hybridized carbons (Fsp3) is 0.450. The van der Waals surface area contributed by atoms with Gasteiger partial charge in [0.15, 0.2) is 0 Å². The van der Waals surface area contributed by atoms with Gasteiger partial charge in [-0.15, -0.1) is 0 Å². The van der Waals surface area contributed by atoms with Gasteiger partial charge in [-0.1, -0.05) is 18.2 Å². The summed E-state index contributed by atoms with van der Waals surface area (Å²) in [6.07, 6.45) is 5.62. The van der Waals surface area contributed by atoms with E-state index in [4.69, 9.17) is 4.74 Å². The van der Waals surface area contributed by atoms with Gasteiger partial charge in [0, 0.05) is 23.5 Å². The smallest absolute Gasteiger partial charge is 0.354 e. The molecule has 1 saturated heterocycles.